The highest BCUT2D eigenvalue weighted by atomic mass is 16.4. The molecule has 0 aliphatic carbocycles. The number of aliphatic carboxylic acids is 1. The summed E-state index contributed by atoms with van der Waals surface area (Å²) in [7, 11) is 0. The predicted octanol–water partition coefficient (Wildman–Crippen LogP) is 1.80. The first-order valence-electron chi connectivity index (χ1n) is 6.80. The molecule has 0 radical (unpaired) electrons. The van der Waals surface area contributed by atoms with Crippen molar-refractivity contribution in [2.24, 2.45) is 0 Å². The highest BCUT2D eigenvalue weighted by Crippen LogP contribution is 2.13. The van der Waals surface area contributed by atoms with E-state index in [1.165, 1.54) is 0 Å². The lowest BCUT2D eigenvalue weighted by molar-refractivity contribution is -0.137. The number of amides is 1. The van der Waals surface area contributed by atoms with E-state index in [1.807, 2.05) is 38.1 Å². The molecule has 1 amide bonds. The SMILES string of the molecule is CC(C)(CCC(=O)O)NC(=O)Cn1cnc2ccccc21. The summed E-state index contributed by atoms with van der Waals surface area (Å²) < 4.78 is 1.78. The van der Waals surface area contributed by atoms with Gasteiger partial charge in [-0.3, -0.25) is 9.59 Å². The van der Waals surface area contributed by atoms with Crippen LogP contribution in [0.5, 0.6) is 0 Å². The average molecular weight is 289 g/mol. The molecule has 2 aromatic rings. The van der Waals surface area contributed by atoms with E-state index >= 15 is 0 Å². The Hall–Kier alpha value is -2.37. The number of fused-ring (bicyclic) bond motifs is 1. The van der Waals surface area contributed by atoms with E-state index in [0.29, 0.717) is 6.42 Å². The van der Waals surface area contributed by atoms with Crippen molar-refractivity contribution in [3.63, 3.8) is 0 Å². The summed E-state index contributed by atoms with van der Waals surface area (Å²) >= 11 is 0. The molecule has 6 heteroatoms. The van der Waals surface area contributed by atoms with E-state index in [0.717, 1.165) is 11.0 Å². The number of carbonyl (C=O) groups excluding carboxylic acids is 1. The van der Waals surface area contributed by atoms with Crippen molar-refractivity contribution in [2.45, 2.75) is 38.8 Å². The van der Waals surface area contributed by atoms with Gasteiger partial charge in [-0.25, -0.2) is 4.98 Å². The molecule has 0 saturated carbocycles. The molecular weight excluding hydrogens is 270 g/mol. The van der Waals surface area contributed by atoms with Crippen molar-refractivity contribution in [1.82, 2.24) is 14.9 Å². The van der Waals surface area contributed by atoms with Crippen LogP contribution in [0.2, 0.25) is 0 Å². The number of carboxylic acids is 1. The number of carbonyl (C=O) groups is 2. The third-order valence-electron chi connectivity index (χ3n) is 3.28. The third-order valence-corrected chi connectivity index (χ3v) is 3.28. The highest BCUT2D eigenvalue weighted by molar-refractivity contribution is 5.80. The van der Waals surface area contributed by atoms with Crippen molar-refractivity contribution in [3.05, 3.63) is 30.6 Å². The molecular formula is C15H19N3O3. The Morgan fingerprint density at radius 2 is 2.05 bits per heavy atom. The van der Waals surface area contributed by atoms with Gasteiger partial charge in [0, 0.05) is 12.0 Å². The van der Waals surface area contributed by atoms with Crippen LogP contribution in [0.4, 0.5) is 0 Å². The quantitative estimate of drug-likeness (QED) is 0.849. The maximum Gasteiger partial charge on any atom is 0.303 e. The second-order valence-corrected chi connectivity index (χ2v) is 5.69. The Labute approximate surface area is 122 Å². The maximum atomic E-state index is 12.1. The summed E-state index contributed by atoms with van der Waals surface area (Å²) in [4.78, 5) is 26.9. The first kappa shape index (κ1) is 15.0. The minimum Gasteiger partial charge on any atom is -0.481 e. The fourth-order valence-corrected chi connectivity index (χ4v) is 2.19. The number of rotatable bonds is 6. The monoisotopic (exact) mass is 289 g/mol. The lowest BCUT2D eigenvalue weighted by atomic mass is 9.98. The average Bonchev–Trinajstić information content (AvgIpc) is 2.79. The fourth-order valence-electron chi connectivity index (χ4n) is 2.19. The molecule has 0 saturated heterocycles. The standard InChI is InChI=1S/C15H19N3O3/c1-15(2,8-7-14(20)21)17-13(19)9-18-10-16-11-5-3-4-6-12(11)18/h3-6,10H,7-9H2,1-2H3,(H,17,19)(H,20,21). The Balaban J connectivity index is 2.00. The Morgan fingerprint density at radius 3 is 2.76 bits per heavy atom. The van der Waals surface area contributed by atoms with Crippen LogP contribution in [0.15, 0.2) is 30.6 Å². The van der Waals surface area contributed by atoms with Gasteiger partial charge in [-0.05, 0) is 32.4 Å². The van der Waals surface area contributed by atoms with E-state index in [1.54, 1.807) is 10.9 Å². The van der Waals surface area contributed by atoms with Gasteiger partial charge in [-0.15, -0.1) is 0 Å². The molecule has 1 heterocycles. The molecule has 0 bridgehead atoms. The number of para-hydroxylation sites is 2. The molecule has 6 nitrogen and oxygen atoms in total. The minimum absolute atomic E-state index is 0.0291. The second kappa shape index (κ2) is 5.95. The van der Waals surface area contributed by atoms with Gasteiger partial charge in [-0.1, -0.05) is 12.1 Å². The molecule has 21 heavy (non-hydrogen) atoms. The van der Waals surface area contributed by atoms with E-state index in [9.17, 15) is 9.59 Å². The van der Waals surface area contributed by atoms with Crippen LogP contribution in [-0.2, 0) is 16.1 Å². The van der Waals surface area contributed by atoms with Gasteiger partial charge >= 0.3 is 5.97 Å². The molecule has 1 aromatic carbocycles. The summed E-state index contributed by atoms with van der Waals surface area (Å²) in [6.45, 7) is 3.80. The molecule has 0 atom stereocenters. The van der Waals surface area contributed by atoms with E-state index in [2.05, 4.69) is 10.3 Å². The van der Waals surface area contributed by atoms with E-state index in [4.69, 9.17) is 5.11 Å². The highest BCUT2D eigenvalue weighted by Gasteiger charge is 2.21. The third kappa shape index (κ3) is 4.05. The molecule has 0 fully saturated rings. The fraction of sp³-hybridized carbons (Fsp3) is 0.400. The van der Waals surface area contributed by atoms with Crippen molar-refractivity contribution in [2.75, 3.05) is 0 Å². The number of imidazole rings is 1. The van der Waals surface area contributed by atoms with Gasteiger partial charge in [0.05, 0.1) is 17.4 Å². The number of carboxylic acid groups (broad SMARTS) is 1. The van der Waals surface area contributed by atoms with Crippen LogP contribution in [-0.4, -0.2) is 32.1 Å². The van der Waals surface area contributed by atoms with Crippen molar-refractivity contribution in [3.8, 4) is 0 Å². The topological polar surface area (TPSA) is 84.2 Å². The van der Waals surface area contributed by atoms with Gasteiger partial charge in [0.25, 0.3) is 0 Å². The zero-order valence-corrected chi connectivity index (χ0v) is 12.2. The predicted molar refractivity (Wildman–Crippen MR) is 78.8 cm³/mol. The Morgan fingerprint density at radius 1 is 1.33 bits per heavy atom. The molecule has 0 aliphatic rings. The lowest BCUT2D eigenvalue weighted by Crippen LogP contribution is -2.45. The summed E-state index contributed by atoms with van der Waals surface area (Å²) in [6, 6.07) is 7.59. The van der Waals surface area contributed by atoms with Gasteiger partial charge in [-0.2, -0.15) is 0 Å². The first-order valence-corrected chi connectivity index (χ1v) is 6.80. The Bertz CT molecular complexity index is 661. The number of nitrogens with zero attached hydrogens (tertiary/aromatic N) is 2. The normalized spacial score (nSPS) is 11.5. The van der Waals surface area contributed by atoms with E-state index in [-0.39, 0.29) is 18.9 Å². The molecule has 0 aliphatic heterocycles. The Kier molecular flexibility index (Phi) is 4.26. The second-order valence-electron chi connectivity index (χ2n) is 5.69. The molecule has 2 N–H and O–H groups in total. The van der Waals surface area contributed by atoms with Crippen LogP contribution in [0.3, 0.4) is 0 Å². The molecule has 112 valence electrons. The van der Waals surface area contributed by atoms with Gasteiger partial charge < -0.3 is 15.0 Å². The molecule has 1 aromatic heterocycles. The van der Waals surface area contributed by atoms with Gasteiger partial charge in [0.2, 0.25) is 5.91 Å². The maximum absolute atomic E-state index is 12.1. The number of nitrogens with one attached hydrogen (secondary N) is 1. The van der Waals surface area contributed by atoms with Crippen LogP contribution < -0.4 is 5.32 Å². The van der Waals surface area contributed by atoms with Gasteiger partial charge in [0.1, 0.15) is 6.54 Å². The number of benzene rings is 1. The van der Waals surface area contributed by atoms with E-state index < -0.39 is 11.5 Å². The molecule has 0 unspecified atom stereocenters. The number of hydrogen-bond acceptors (Lipinski definition) is 3. The molecule has 2 rings (SSSR count). The lowest BCUT2D eigenvalue weighted by Gasteiger charge is -2.25. The number of hydrogen-bond donors (Lipinski definition) is 2. The van der Waals surface area contributed by atoms with Gasteiger partial charge in [0.15, 0.2) is 0 Å². The summed E-state index contributed by atoms with van der Waals surface area (Å²) in [6.07, 6.45) is 2.05. The zero-order chi connectivity index (χ0) is 15.5. The summed E-state index contributed by atoms with van der Waals surface area (Å²) in [5.74, 6) is -1.02. The van der Waals surface area contributed by atoms with Crippen LogP contribution in [0.1, 0.15) is 26.7 Å². The first-order chi connectivity index (χ1) is 9.87. The summed E-state index contributed by atoms with van der Waals surface area (Å²) in [5.41, 5.74) is 1.19. The zero-order valence-electron chi connectivity index (χ0n) is 12.2. The number of aromatic nitrogens is 2. The smallest absolute Gasteiger partial charge is 0.303 e. The van der Waals surface area contributed by atoms with Crippen LogP contribution >= 0.6 is 0 Å². The summed E-state index contributed by atoms with van der Waals surface area (Å²) in [5, 5.41) is 11.6. The van der Waals surface area contributed by atoms with Crippen molar-refractivity contribution >= 4 is 22.9 Å². The minimum atomic E-state index is -0.863. The van der Waals surface area contributed by atoms with Crippen molar-refractivity contribution in [1.29, 1.82) is 0 Å². The largest absolute Gasteiger partial charge is 0.481 e. The van der Waals surface area contributed by atoms with Crippen LogP contribution in [0, 0.1) is 0 Å². The van der Waals surface area contributed by atoms with Crippen LogP contribution in [0.25, 0.3) is 11.0 Å². The van der Waals surface area contributed by atoms with Crippen molar-refractivity contribution < 1.29 is 14.7 Å². The molecule has 0 spiro atoms.